The average Bonchev–Trinajstić information content (AvgIpc) is 2.96. The first-order valence-corrected chi connectivity index (χ1v) is 8.74. The van der Waals surface area contributed by atoms with Gasteiger partial charge >= 0.3 is 0 Å². The highest BCUT2D eigenvalue weighted by Crippen LogP contribution is 2.26. The van der Waals surface area contributed by atoms with Crippen LogP contribution >= 0.6 is 0 Å². The summed E-state index contributed by atoms with van der Waals surface area (Å²) in [6.45, 7) is 10.1. The number of carbonyl (C=O) groups is 1. The van der Waals surface area contributed by atoms with Crippen molar-refractivity contribution >= 4 is 17.0 Å². The number of amides is 1. The molecule has 1 saturated heterocycles. The molecule has 0 aromatic carbocycles. The van der Waals surface area contributed by atoms with Gasteiger partial charge in [-0.3, -0.25) is 9.69 Å². The lowest BCUT2D eigenvalue weighted by Gasteiger charge is -2.34. The summed E-state index contributed by atoms with van der Waals surface area (Å²) in [5, 5.41) is 14.0. The Morgan fingerprint density at radius 2 is 2.00 bits per heavy atom. The Morgan fingerprint density at radius 3 is 2.64 bits per heavy atom. The van der Waals surface area contributed by atoms with E-state index in [1.54, 1.807) is 6.20 Å². The molecule has 0 saturated carbocycles. The molecule has 7 heteroatoms. The lowest BCUT2D eigenvalue weighted by Crippen LogP contribution is -2.49. The molecule has 1 N–H and O–H groups in total. The van der Waals surface area contributed by atoms with Crippen molar-refractivity contribution in [2.45, 2.75) is 27.2 Å². The molecule has 3 heterocycles. The largest absolute Gasteiger partial charge is 0.395 e. The second-order valence-electron chi connectivity index (χ2n) is 7.80. The molecule has 0 unspecified atom stereocenters. The second kappa shape index (κ2) is 7.09. The van der Waals surface area contributed by atoms with E-state index in [-0.39, 0.29) is 17.9 Å². The summed E-state index contributed by atoms with van der Waals surface area (Å²) in [6, 6.07) is 1.85. The molecular formula is C18H26N4O3. The molecule has 3 rings (SSSR count). The van der Waals surface area contributed by atoms with E-state index in [0.717, 1.165) is 30.6 Å². The normalized spacial score (nSPS) is 16.6. The Bertz CT molecular complexity index is 742. The molecule has 0 spiro atoms. The number of β-amino-alcohol motifs (C(OH)–C–C–N with tert-alkyl or cyclic N) is 1. The quantitative estimate of drug-likeness (QED) is 0.905. The highest BCUT2D eigenvalue weighted by molar-refractivity contribution is 5.97. The van der Waals surface area contributed by atoms with Crippen LogP contribution < -0.4 is 0 Å². The van der Waals surface area contributed by atoms with Gasteiger partial charge in [-0.05, 0) is 17.9 Å². The SMILES string of the molecule is CC(C)(C)Cc1noc2ncc(C(=O)N3CCN(CCO)CC3)cc12. The second-order valence-corrected chi connectivity index (χ2v) is 7.80. The molecule has 136 valence electrons. The smallest absolute Gasteiger partial charge is 0.257 e. The van der Waals surface area contributed by atoms with Crippen molar-refractivity contribution in [2.24, 2.45) is 5.41 Å². The Morgan fingerprint density at radius 1 is 1.28 bits per heavy atom. The van der Waals surface area contributed by atoms with Crippen LogP contribution in [-0.2, 0) is 6.42 Å². The fourth-order valence-electron chi connectivity index (χ4n) is 3.12. The van der Waals surface area contributed by atoms with Crippen LogP contribution in [0.4, 0.5) is 0 Å². The number of aromatic nitrogens is 2. The summed E-state index contributed by atoms with van der Waals surface area (Å²) >= 11 is 0. The highest BCUT2D eigenvalue weighted by atomic mass is 16.5. The summed E-state index contributed by atoms with van der Waals surface area (Å²) in [7, 11) is 0. The monoisotopic (exact) mass is 346 g/mol. The minimum absolute atomic E-state index is 0.0130. The van der Waals surface area contributed by atoms with E-state index in [0.29, 0.717) is 30.9 Å². The van der Waals surface area contributed by atoms with Gasteiger partial charge in [-0.25, -0.2) is 4.98 Å². The van der Waals surface area contributed by atoms with E-state index in [4.69, 9.17) is 9.63 Å². The number of fused-ring (bicyclic) bond motifs is 1. The van der Waals surface area contributed by atoms with E-state index in [1.165, 1.54) is 0 Å². The standard InChI is InChI=1S/C18H26N4O3/c1-18(2,3)11-15-14-10-13(12-19-16(14)25-20-15)17(24)22-6-4-21(5-7-22)8-9-23/h10,12,23H,4-9,11H2,1-3H3. The Kier molecular flexibility index (Phi) is 5.06. The lowest BCUT2D eigenvalue weighted by atomic mass is 9.90. The van der Waals surface area contributed by atoms with Crippen molar-refractivity contribution in [1.82, 2.24) is 19.9 Å². The number of aliphatic hydroxyl groups excluding tert-OH is 1. The van der Waals surface area contributed by atoms with E-state index in [9.17, 15) is 4.79 Å². The van der Waals surface area contributed by atoms with Gasteiger partial charge in [0.1, 0.15) is 0 Å². The molecular weight excluding hydrogens is 320 g/mol. The molecule has 25 heavy (non-hydrogen) atoms. The van der Waals surface area contributed by atoms with Crippen molar-refractivity contribution in [3.8, 4) is 0 Å². The van der Waals surface area contributed by atoms with Crippen LogP contribution in [0.5, 0.6) is 0 Å². The minimum atomic E-state index is -0.0130. The summed E-state index contributed by atoms with van der Waals surface area (Å²) in [5.41, 5.74) is 1.97. The third-order valence-corrected chi connectivity index (χ3v) is 4.42. The predicted molar refractivity (Wildman–Crippen MR) is 94.4 cm³/mol. The van der Waals surface area contributed by atoms with E-state index in [2.05, 4.69) is 35.8 Å². The van der Waals surface area contributed by atoms with E-state index >= 15 is 0 Å². The summed E-state index contributed by atoms with van der Waals surface area (Å²) < 4.78 is 5.30. The minimum Gasteiger partial charge on any atom is -0.395 e. The van der Waals surface area contributed by atoms with Gasteiger partial charge in [-0.2, -0.15) is 0 Å². The maximum Gasteiger partial charge on any atom is 0.257 e. The van der Waals surface area contributed by atoms with Crippen molar-refractivity contribution in [3.63, 3.8) is 0 Å². The number of carbonyl (C=O) groups excluding carboxylic acids is 1. The molecule has 2 aromatic rings. The van der Waals surface area contributed by atoms with Gasteiger partial charge < -0.3 is 14.5 Å². The molecule has 1 aliphatic rings. The summed E-state index contributed by atoms with van der Waals surface area (Å²) in [5.74, 6) is -0.0130. The maximum absolute atomic E-state index is 12.8. The first-order valence-electron chi connectivity index (χ1n) is 8.74. The molecule has 7 nitrogen and oxygen atoms in total. The van der Waals surface area contributed by atoms with Crippen LogP contribution in [0.15, 0.2) is 16.8 Å². The van der Waals surface area contributed by atoms with E-state index < -0.39 is 0 Å². The molecule has 1 aliphatic heterocycles. The first kappa shape index (κ1) is 17.8. The summed E-state index contributed by atoms with van der Waals surface area (Å²) in [4.78, 5) is 21.1. The average molecular weight is 346 g/mol. The Labute approximate surface area is 147 Å². The van der Waals surface area contributed by atoms with Gasteiger partial charge in [-0.15, -0.1) is 0 Å². The van der Waals surface area contributed by atoms with Gasteiger partial charge in [0.25, 0.3) is 11.6 Å². The number of hydrogen-bond donors (Lipinski definition) is 1. The Balaban J connectivity index is 1.77. The fourth-order valence-corrected chi connectivity index (χ4v) is 3.12. The number of nitrogens with zero attached hydrogens (tertiary/aromatic N) is 4. The van der Waals surface area contributed by atoms with Gasteiger partial charge in [0.2, 0.25) is 0 Å². The zero-order chi connectivity index (χ0) is 18.0. The van der Waals surface area contributed by atoms with Crippen LogP contribution in [0.1, 0.15) is 36.8 Å². The predicted octanol–water partition coefficient (Wildman–Crippen LogP) is 1.56. The van der Waals surface area contributed by atoms with Crippen molar-refractivity contribution in [1.29, 1.82) is 0 Å². The number of hydrogen-bond acceptors (Lipinski definition) is 6. The van der Waals surface area contributed by atoms with Crippen molar-refractivity contribution in [3.05, 3.63) is 23.5 Å². The third kappa shape index (κ3) is 4.16. The van der Waals surface area contributed by atoms with Gasteiger partial charge in [0.05, 0.1) is 23.3 Å². The van der Waals surface area contributed by atoms with Crippen LogP contribution in [0, 0.1) is 5.41 Å². The number of aliphatic hydroxyl groups is 1. The van der Waals surface area contributed by atoms with Crippen LogP contribution in [0.3, 0.4) is 0 Å². The number of rotatable bonds is 4. The van der Waals surface area contributed by atoms with Crippen LogP contribution in [-0.4, -0.2) is 70.3 Å². The van der Waals surface area contributed by atoms with Gasteiger partial charge in [0, 0.05) is 38.9 Å². The highest BCUT2D eigenvalue weighted by Gasteiger charge is 2.24. The molecule has 0 radical (unpaired) electrons. The molecule has 0 aliphatic carbocycles. The topological polar surface area (TPSA) is 82.7 Å². The zero-order valence-corrected chi connectivity index (χ0v) is 15.2. The zero-order valence-electron chi connectivity index (χ0n) is 15.2. The van der Waals surface area contributed by atoms with Gasteiger partial charge in [0.15, 0.2) is 0 Å². The molecule has 0 atom stereocenters. The van der Waals surface area contributed by atoms with E-state index in [1.807, 2.05) is 11.0 Å². The summed E-state index contributed by atoms with van der Waals surface area (Å²) in [6.07, 6.45) is 2.33. The van der Waals surface area contributed by atoms with Crippen molar-refractivity contribution < 1.29 is 14.4 Å². The lowest BCUT2D eigenvalue weighted by molar-refractivity contribution is 0.0615. The maximum atomic E-state index is 12.8. The Hall–Kier alpha value is -1.99. The van der Waals surface area contributed by atoms with Crippen LogP contribution in [0.2, 0.25) is 0 Å². The third-order valence-electron chi connectivity index (χ3n) is 4.42. The molecule has 2 aromatic heterocycles. The molecule has 0 bridgehead atoms. The number of piperazine rings is 1. The number of pyridine rings is 1. The first-order chi connectivity index (χ1) is 11.9. The van der Waals surface area contributed by atoms with Crippen LogP contribution in [0.25, 0.3) is 11.1 Å². The van der Waals surface area contributed by atoms with Gasteiger partial charge in [-0.1, -0.05) is 25.9 Å². The van der Waals surface area contributed by atoms with Crippen molar-refractivity contribution in [2.75, 3.05) is 39.3 Å². The molecule has 1 fully saturated rings. The molecule has 1 amide bonds. The fraction of sp³-hybridized carbons (Fsp3) is 0.611.